The zero-order chi connectivity index (χ0) is 12.0. The Morgan fingerprint density at radius 1 is 1.12 bits per heavy atom. The van der Waals surface area contributed by atoms with Crippen molar-refractivity contribution in [1.82, 2.24) is 4.31 Å². The van der Waals surface area contributed by atoms with E-state index in [-0.39, 0.29) is 12.2 Å². The normalized spacial score (nSPS) is 18.6. The first-order valence-corrected chi connectivity index (χ1v) is 7.67. The summed E-state index contributed by atoms with van der Waals surface area (Å²) in [5.41, 5.74) is 0. The van der Waals surface area contributed by atoms with Crippen LogP contribution in [0.25, 0.3) is 0 Å². The van der Waals surface area contributed by atoms with Crippen LogP contribution in [0.5, 0.6) is 0 Å². The Kier molecular flexibility index (Phi) is 5.72. The minimum absolute atomic E-state index is 0.136. The van der Waals surface area contributed by atoms with E-state index < -0.39 is 15.3 Å². The molecular weight excluding hydrogens is 250 g/mol. The second-order valence-electron chi connectivity index (χ2n) is 4.09. The van der Waals surface area contributed by atoms with Crippen LogP contribution in [-0.4, -0.2) is 36.8 Å². The number of rotatable bonds is 6. The number of sulfonamides is 1. The van der Waals surface area contributed by atoms with Gasteiger partial charge in [-0.15, -0.1) is 0 Å². The van der Waals surface area contributed by atoms with E-state index in [1.165, 1.54) is 0 Å². The number of nitrogens with zero attached hydrogens (tertiary/aromatic N) is 1. The fourth-order valence-corrected chi connectivity index (χ4v) is 3.60. The summed E-state index contributed by atoms with van der Waals surface area (Å²) in [6, 6.07) is 0. The summed E-state index contributed by atoms with van der Waals surface area (Å²) in [7, 11) is -3.10. The number of carbonyl (C=O) groups excluding carboxylic acids is 1. The summed E-state index contributed by atoms with van der Waals surface area (Å²) < 4.78 is 25.2. The van der Waals surface area contributed by atoms with Gasteiger partial charge in [0.15, 0.2) is 0 Å². The van der Waals surface area contributed by atoms with Gasteiger partial charge in [-0.25, -0.2) is 12.7 Å². The van der Waals surface area contributed by atoms with Crippen molar-refractivity contribution >= 4 is 26.9 Å². The topological polar surface area (TPSA) is 54.5 Å². The summed E-state index contributed by atoms with van der Waals surface area (Å²) in [4.78, 5) is 10.5. The molecule has 1 aliphatic heterocycles. The molecule has 0 spiro atoms. The summed E-state index contributed by atoms with van der Waals surface area (Å²) >= 11 is 5.18. The maximum absolute atomic E-state index is 11.8. The SMILES string of the molecule is O=C(Cl)CCCCS(=O)(=O)N1CCCCC1. The minimum atomic E-state index is -3.10. The summed E-state index contributed by atoms with van der Waals surface area (Å²) in [5.74, 6) is 0.136. The molecule has 1 saturated heterocycles. The van der Waals surface area contributed by atoms with Gasteiger partial charge in [0.05, 0.1) is 5.75 Å². The molecular formula is C10H18ClNO3S. The Balaban J connectivity index is 2.30. The highest BCUT2D eigenvalue weighted by Gasteiger charge is 2.22. The van der Waals surface area contributed by atoms with Gasteiger partial charge in [0.1, 0.15) is 0 Å². The highest BCUT2D eigenvalue weighted by molar-refractivity contribution is 7.89. The Hall–Kier alpha value is -0.130. The molecule has 0 aromatic carbocycles. The first kappa shape index (κ1) is 13.9. The predicted molar refractivity (Wildman–Crippen MR) is 63.9 cm³/mol. The molecule has 0 atom stereocenters. The van der Waals surface area contributed by atoms with Gasteiger partial charge in [-0.3, -0.25) is 4.79 Å². The van der Waals surface area contributed by atoms with Crippen LogP contribution in [0.4, 0.5) is 0 Å². The van der Waals surface area contributed by atoms with Gasteiger partial charge in [-0.1, -0.05) is 6.42 Å². The van der Waals surface area contributed by atoms with Crippen LogP contribution in [0.2, 0.25) is 0 Å². The number of hydrogen-bond donors (Lipinski definition) is 0. The molecule has 16 heavy (non-hydrogen) atoms. The molecule has 1 rings (SSSR count). The lowest BCUT2D eigenvalue weighted by Crippen LogP contribution is -2.37. The number of piperidine rings is 1. The lowest BCUT2D eigenvalue weighted by Gasteiger charge is -2.25. The second-order valence-corrected chi connectivity index (χ2v) is 6.60. The summed E-state index contributed by atoms with van der Waals surface area (Å²) in [6.45, 7) is 1.30. The Morgan fingerprint density at radius 3 is 2.31 bits per heavy atom. The van der Waals surface area contributed by atoms with E-state index in [9.17, 15) is 13.2 Å². The van der Waals surface area contributed by atoms with Gasteiger partial charge in [0.25, 0.3) is 0 Å². The highest BCUT2D eigenvalue weighted by Crippen LogP contribution is 2.14. The van der Waals surface area contributed by atoms with Crippen LogP contribution in [0.3, 0.4) is 0 Å². The molecule has 94 valence electrons. The molecule has 0 aromatic heterocycles. The molecule has 0 amide bonds. The molecule has 0 unspecified atom stereocenters. The van der Waals surface area contributed by atoms with Crippen molar-refractivity contribution < 1.29 is 13.2 Å². The molecule has 1 heterocycles. The molecule has 0 radical (unpaired) electrons. The second kappa shape index (κ2) is 6.57. The first-order chi connectivity index (χ1) is 7.52. The van der Waals surface area contributed by atoms with Gasteiger partial charge in [0.2, 0.25) is 15.3 Å². The molecule has 0 aliphatic carbocycles. The van der Waals surface area contributed by atoms with Crippen molar-refractivity contribution in [2.75, 3.05) is 18.8 Å². The average Bonchev–Trinajstić information content (AvgIpc) is 2.26. The van der Waals surface area contributed by atoms with Crippen LogP contribution in [-0.2, 0) is 14.8 Å². The first-order valence-electron chi connectivity index (χ1n) is 5.68. The zero-order valence-corrected chi connectivity index (χ0v) is 10.9. The molecule has 0 saturated carbocycles. The van der Waals surface area contributed by atoms with Crippen molar-refractivity contribution in [3.63, 3.8) is 0 Å². The third-order valence-electron chi connectivity index (χ3n) is 2.73. The molecule has 4 nitrogen and oxygen atoms in total. The van der Waals surface area contributed by atoms with Crippen LogP contribution < -0.4 is 0 Å². The fraction of sp³-hybridized carbons (Fsp3) is 0.900. The van der Waals surface area contributed by atoms with Gasteiger partial charge >= 0.3 is 0 Å². The predicted octanol–water partition coefficient (Wildman–Crippen LogP) is 1.74. The third kappa shape index (κ3) is 4.80. The van der Waals surface area contributed by atoms with E-state index in [0.29, 0.717) is 25.9 Å². The van der Waals surface area contributed by atoms with E-state index in [2.05, 4.69) is 0 Å². The zero-order valence-electron chi connectivity index (χ0n) is 9.32. The van der Waals surface area contributed by atoms with Crippen LogP contribution in [0, 0.1) is 0 Å². The van der Waals surface area contributed by atoms with E-state index >= 15 is 0 Å². The number of unbranched alkanes of at least 4 members (excludes halogenated alkanes) is 1. The lowest BCUT2D eigenvalue weighted by atomic mass is 10.2. The number of hydrogen-bond acceptors (Lipinski definition) is 3. The molecule has 0 bridgehead atoms. The Bertz CT molecular complexity index is 323. The van der Waals surface area contributed by atoms with E-state index in [4.69, 9.17) is 11.6 Å². The maximum atomic E-state index is 11.8. The van der Waals surface area contributed by atoms with E-state index in [1.54, 1.807) is 4.31 Å². The number of carbonyl (C=O) groups is 1. The van der Waals surface area contributed by atoms with E-state index in [1.807, 2.05) is 0 Å². The summed E-state index contributed by atoms with van der Waals surface area (Å²) in [6.07, 6.45) is 4.36. The smallest absolute Gasteiger partial charge is 0.221 e. The van der Waals surface area contributed by atoms with Crippen LogP contribution in [0.1, 0.15) is 38.5 Å². The average molecular weight is 268 g/mol. The molecule has 1 aliphatic rings. The Morgan fingerprint density at radius 2 is 1.75 bits per heavy atom. The Labute approximate surface area is 102 Å². The van der Waals surface area contributed by atoms with Crippen molar-refractivity contribution in [2.24, 2.45) is 0 Å². The minimum Gasteiger partial charge on any atom is -0.281 e. The fourth-order valence-electron chi connectivity index (χ4n) is 1.82. The maximum Gasteiger partial charge on any atom is 0.221 e. The van der Waals surface area contributed by atoms with Crippen molar-refractivity contribution in [3.05, 3.63) is 0 Å². The molecule has 0 N–H and O–H groups in total. The van der Waals surface area contributed by atoms with Gasteiger partial charge in [-0.2, -0.15) is 0 Å². The summed E-state index contributed by atoms with van der Waals surface area (Å²) in [5, 5.41) is -0.393. The largest absolute Gasteiger partial charge is 0.281 e. The van der Waals surface area contributed by atoms with Gasteiger partial charge in [-0.05, 0) is 37.3 Å². The quantitative estimate of drug-likeness (QED) is 0.544. The van der Waals surface area contributed by atoms with Crippen molar-refractivity contribution in [3.8, 4) is 0 Å². The van der Waals surface area contributed by atoms with Gasteiger partial charge in [0, 0.05) is 19.5 Å². The highest BCUT2D eigenvalue weighted by atomic mass is 35.5. The van der Waals surface area contributed by atoms with Crippen LogP contribution >= 0.6 is 11.6 Å². The number of halogens is 1. The van der Waals surface area contributed by atoms with Gasteiger partial charge < -0.3 is 0 Å². The van der Waals surface area contributed by atoms with Crippen molar-refractivity contribution in [2.45, 2.75) is 38.5 Å². The lowest BCUT2D eigenvalue weighted by molar-refractivity contribution is -0.111. The van der Waals surface area contributed by atoms with Crippen LogP contribution in [0.15, 0.2) is 0 Å². The third-order valence-corrected chi connectivity index (χ3v) is 4.88. The molecule has 6 heteroatoms. The van der Waals surface area contributed by atoms with Crippen molar-refractivity contribution in [1.29, 1.82) is 0 Å². The molecule has 0 aromatic rings. The monoisotopic (exact) mass is 267 g/mol. The standard InChI is InChI=1S/C10H18ClNO3S/c11-10(13)6-2-5-9-16(14,15)12-7-3-1-4-8-12/h1-9H2. The van der Waals surface area contributed by atoms with E-state index in [0.717, 1.165) is 19.3 Å². The molecule has 1 fully saturated rings.